The Morgan fingerprint density at radius 2 is 2.05 bits per heavy atom. The Bertz CT molecular complexity index is 494. The zero-order chi connectivity index (χ0) is 14.6. The summed E-state index contributed by atoms with van der Waals surface area (Å²) in [6.07, 6.45) is 0. The molecular formula is C12H14Cl2N2O3. The lowest BCUT2D eigenvalue weighted by Crippen LogP contribution is -2.42. The first-order chi connectivity index (χ1) is 8.81. The second-order valence-electron chi connectivity index (χ2n) is 4.10. The summed E-state index contributed by atoms with van der Waals surface area (Å²) in [5, 5.41) is 12.1. The van der Waals surface area contributed by atoms with Gasteiger partial charge in [0.2, 0.25) is 5.91 Å². The number of nitrogens with one attached hydrogen (secondary N) is 1. The molecule has 1 rings (SSSR count). The number of aliphatic carboxylic acids is 1. The number of carbonyl (C=O) groups is 2. The summed E-state index contributed by atoms with van der Waals surface area (Å²) in [4.78, 5) is 23.9. The second-order valence-corrected chi connectivity index (χ2v) is 4.94. The molecule has 0 saturated heterocycles. The minimum absolute atomic E-state index is 0.224. The van der Waals surface area contributed by atoms with E-state index in [9.17, 15) is 9.59 Å². The van der Waals surface area contributed by atoms with Crippen LogP contribution in [0.25, 0.3) is 0 Å². The highest BCUT2D eigenvalue weighted by Gasteiger charge is 2.20. The number of anilines is 1. The van der Waals surface area contributed by atoms with Crippen LogP contribution in [0.1, 0.15) is 6.92 Å². The number of hydrogen-bond acceptors (Lipinski definition) is 3. The van der Waals surface area contributed by atoms with E-state index in [4.69, 9.17) is 28.3 Å². The van der Waals surface area contributed by atoms with Crippen LogP contribution in [-0.4, -0.2) is 41.5 Å². The number of hydrogen-bond donors (Lipinski definition) is 2. The number of nitrogens with zero attached hydrogens (tertiary/aromatic N) is 1. The molecule has 0 heterocycles. The third-order valence-corrected chi connectivity index (χ3v) is 3.18. The number of amides is 1. The van der Waals surface area contributed by atoms with E-state index in [1.165, 1.54) is 11.0 Å². The van der Waals surface area contributed by atoms with Gasteiger partial charge in [-0.3, -0.25) is 14.5 Å². The van der Waals surface area contributed by atoms with Crippen LogP contribution in [0.5, 0.6) is 0 Å². The first-order valence-electron chi connectivity index (χ1n) is 5.49. The summed E-state index contributed by atoms with van der Waals surface area (Å²) in [5.41, 5.74) is 0.398. The molecular weight excluding hydrogens is 291 g/mol. The normalized spacial score (nSPS) is 12.3. The minimum atomic E-state index is -0.997. The van der Waals surface area contributed by atoms with Crippen molar-refractivity contribution in [3.63, 3.8) is 0 Å². The van der Waals surface area contributed by atoms with Crippen LogP contribution in [0.15, 0.2) is 18.2 Å². The largest absolute Gasteiger partial charge is 0.480 e. The van der Waals surface area contributed by atoms with Gasteiger partial charge in [-0.15, -0.1) is 0 Å². The van der Waals surface area contributed by atoms with E-state index in [0.29, 0.717) is 15.7 Å². The predicted molar refractivity (Wildman–Crippen MR) is 74.8 cm³/mol. The molecule has 5 nitrogen and oxygen atoms in total. The van der Waals surface area contributed by atoms with Crippen molar-refractivity contribution in [2.75, 3.05) is 18.9 Å². The van der Waals surface area contributed by atoms with Gasteiger partial charge >= 0.3 is 5.97 Å². The minimum Gasteiger partial charge on any atom is -0.480 e. The van der Waals surface area contributed by atoms with Gasteiger partial charge in [-0.1, -0.05) is 23.2 Å². The lowest BCUT2D eigenvalue weighted by molar-refractivity contribution is -0.138. The van der Waals surface area contributed by atoms with Crippen LogP contribution in [0.3, 0.4) is 0 Å². The summed E-state index contributed by atoms with van der Waals surface area (Å²) >= 11 is 11.7. The van der Waals surface area contributed by atoms with E-state index in [1.807, 2.05) is 0 Å². The van der Waals surface area contributed by atoms with Crippen LogP contribution in [0.2, 0.25) is 10.0 Å². The molecule has 19 heavy (non-hydrogen) atoms. The number of halogens is 2. The molecule has 1 amide bonds. The monoisotopic (exact) mass is 304 g/mol. The van der Waals surface area contributed by atoms with E-state index in [1.54, 1.807) is 26.1 Å². The molecule has 1 atom stereocenters. The lowest BCUT2D eigenvalue weighted by atomic mass is 10.2. The van der Waals surface area contributed by atoms with Crippen molar-refractivity contribution < 1.29 is 14.7 Å². The average Bonchev–Trinajstić information content (AvgIpc) is 2.31. The van der Waals surface area contributed by atoms with Gasteiger partial charge in [0.15, 0.2) is 0 Å². The first kappa shape index (κ1) is 15.8. The van der Waals surface area contributed by atoms with Crippen molar-refractivity contribution in [3.8, 4) is 0 Å². The van der Waals surface area contributed by atoms with E-state index < -0.39 is 12.0 Å². The zero-order valence-electron chi connectivity index (χ0n) is 10.5. The molecule has 1 aromatic carbocycles. The summed E-state index contributed by atoms with van der Waals surface area (Å²) in [6.45, 7) is 1.38. The van der Waals surface area contributed by atoms with Crippen LogP contribution in [0.4, 0.5) is 5.69 Å². The van der Waals surface area contributed by atoms with Crippen molar-refractivity contribution in [2.24, 2.45) is 0 Å². The highest BCUT2D eigenvalue weighted by molar-refractivity contribution is 6.35. The summed E-state index contributed by atoms with van der Waals surface area (Å²) in [7, 11) is 1.55. The molecule has 0 radical (unpaired) electrons. The fraction of sp³-hybridized carbons (Fsp3) is 0.333. The topological polar surface area (TPSA) is 69.6 Å². The highest BCUT2D eigenvalue weighted by atomic mass is 35.5. The van der Waals surface area contributed by atoms with Gasteiger partial charge in [0, 0.05) is 5.02 Å². The van der Waals surface area contributed by atoms with Gasteiger partial charge < -0.3 is 10.4 Å². The molecule has 0 aromatic heterocycles. The number of rotatable bonds is 5. The van der Waals surface area contributed by atoms with E-state index in [0.717, 1.165) is 0 Å². The Balaban J connectivity index is 2.73. The van der Waals surface area contributed by atoms with Gasteiger partial charge in [0.25, 0.3) is 0 Å². The molecule has 0 fully saturated rings. The van der Waals surface area contributed by atoms with Crippen LogP contribution < -0.4 is 5.32 Å². The molecule has 104 valence electrons. The molecule has 0 aliphatic heterocycles. The molecule has 1 aromatic rings. The molecule has 0 bridgehead atoms. The maximum absolute atomic E-state index is 12.0. The van der Waals surface area contributed by atoms with Crippen LogP contribution >= 0.6 is 23.2 Å². The lowest BCUT2D eigenvalue weighted by Gasteiger charge is -2.22. The second kappa shape index (κ2) is 6.75. The Morgan fingerprint density at radius 3 is 2.63 bits per heavy atom. The maximum Gasteiger partial charge on any atom is 0.317 e. The van der Waals surface area contributed by atoms with E-state index in [2.05, 4.69) is 5.32 Å². The fourth-order valence-corrected chi connectivity index (χ4v) is 1.72. The van der Waals surface area contributed by atoms with E-state index in [-0.39, 0.29) is 12.5 Å². The molecule has 7 heteroatoms. The quantitative estimate of drug-likeness (QED) is 0.876. The smallest absolute Gasteiger partial charge is 0.317 e. The zero-order valence-corrected chi connectivity index (χ0v) is 12.0. The maximum atomic E-state index is 12.0. The van der Waals surface area contributed by atoms with Crippen molar-refractivity contribution in [1.82, 2.24) is 4.90 Å². The number of carboxylic acids is 1. The van der Waals surface area contributed by atoms with E-state index >= 15 is 0 Å². The first-order valence-corrected chi connectivity index (χ1v) is 6.25. The number of carboxylic acid groups (broad SMARTS) is 1. The average molecular weight is 305 g/mol. The molecule has 1 unspecified atom stereocenters. The molecule has 0 spiro atoms. The van der Waals surface area contributed by atoms with Gasteiger partial charge in [-0.05, 0) is 32.2 Å². The molecule has 0 saturated carbocycles. The summed E-state index contributed by atoms with van der Waals surface area (Å²) in [6, 6.07) is 4.11. The highest BCUT2D eigenvalue weighted by Crippen LogP contribution is 2.25. The predicted octanol–water partition coefficient (Wildman–Crippen LogP) is 2.34. The Labute approximate surface area is 121 Å². The number of likely N-dealkylation sites (N-methyl/N-ethyl adjacent to an activating group) is 1. The Kier molecular flexibility index (Phi) is 5.60. The van der Waals surface area contributed by atoms with Crippen molar-refractivity contribution in [1.29, 1.82) is 0 Å². The molecule has 0 aliphatic carbocycles. The fourth-order valence-electron chi connectivity index (χ4n) is 1.38. The van der Waals surface area contributed by atoms with Crippen molar-refractivity contribution in [2.45, 2.75) is 13.0 Å². The molecule has 0 aliphatic rings. The van der Waals surface area contributed by atoms with Gasteiger partial charge in [0.1, 0.15) is 0 Å². The SMILES string of the molecule is CC(C(=O)Nc1cc(Cl)ccc1Cl)N(C)CC(=O)O. The molecule has 2 N–H and O–H groups in total. The third-order valence-electron chi connectivity index (χ3n) is 2.61. The number of carbonyl (C=O) groups excluding carboxylic acids is 1. The summed E-state index contributed by atoms with van der Waals surface area (Å²) in [5.74, 6) is -1.35. The van der Waals surface area contributed by atoms with Crippen LogP contribution in [-0.2, 0) is 9.59 Å². The van der Waals surface area contributed by atoms with Crippen LogP contribution in [0, 0.1) is 0 Å². The standard InChI is InChI=1S/C12H14Cl2N2O3/c1-7(16(2)6-11(17)18)12(19)15-10-5-8(13)3-4-9(10)14/h3-5,7H,6H2,1-2H3,(H,15,19)(H,17,18). The van der Waals surface area contributed by atoms with Gasteiger partial charge in [0.05, 0.1) is 23.3 Å². The van der Waals surface area contributed by atoms with Crippen molar-refractivity contribution in [3.05, 3.63) is 28.2 Å². The van der Waals surface area contributed by atoms with Crippen molar-refractivity contribution >= 4 is 40.8 Å². The Morgan fingerprint density at radius 1 is 1.42 bits per heavy atom. The Hall–Kier alpha value is -1.30. The van der Waals surface area contributed by atoms with Gasteiger partial charge in [-0.2, -0.15) is 0 Å². The third kappa shape index (κ3) is 4.70. The number of benzene rings is 1. The van der Waals surface area contributed by atoms with Gasteiger partial charge in [-0.25, -0.2) is 0 Å². The summed E-state index contributed by atoms with van der Waals surface area (Å²) < 4.78 is 0.